The van der Waals surface area contributed by atoms with Crippen LogP contribution in [0.15, 0.2) is 41.1 Å². The number of carbonyl (C=O) groups is 1. The minimum Gasteiger partial charge on any atom is -0.312 e. The number of imidazole rings is 1. The van der Waals surface area contributed by atoms with Crippen molar-refractivity contribution in [3.8, 4) is 6.07 Å². The van der Waals surface area contributed by atoms with Gasteiger partial charge in [0.05, 0.1) is 6.04 Å². The van der Waals surface area contributed by atoms with Crippen LogP contribution in [0.2, 0.25) is 0 Å². The van der Waals surface area contributed by atoms with Gasteiger partial charge in [-0.2, -0.15) is 5.26 Å². The molecule has 1 aromatic carbocycles. The summed E-state index contributed by atoms with van der Waals surface area (Å²) >= 11 is 3.32. The maximum absolute atomic E-state index is 12.2. The van der Waals surface area contributed by atoms with Crippen molar-refractivity contribution in [2.75, 3.05) is 0 Å². The Bertz CT molecular complexity index is 610. The molecule has 0 fully saturated rings. The number of halogens is 1. The maximum atomic E-state index is 12.2. The van der Waals surface area contributed by atoms with E-state index in [2.05, 4.69) is 20.9 Å². The summed E-state index contributed by atoms with van der Waals surface area (Å²) in [5.74, 6) is 0.199. The molecule has 1 unspecified atom stereocenters. The van der Waals surface area contributed by atoms with Crippen LogP contribution >= 0.6 is 15.9 Å². The number of nitriles is 1. The number of aromatic nitrogens is 2. The van der Waals surface area contributed by atoms with Gasteiger partial charge < -0.3 is 4.57 Å². The first-order chi connectivity index (χ1) is 8.63. The zero-order valence-electron chi connectivity index (χ0n) is 9.67. The number of benzene rings is 1. The molecule has 5 heteroatoms. The number of Topliss-reactive ketones (excluding diaryl/α,β-unsaturated/α-hetero) is 1. The average molecular weight is 304 g/mol. The number of nitrogens with zero attached hydrogens (tertiary/aromatic N) is 3. The summed E-state index contributed by atoms with van der Waals surface area (Å²) in [6, 6.07) is 8.67. The second-order valence-electron chi connectivity index (χ2n) is 3.82. The van der Waals surface area contributed by atoms with Gasteiger partial charge >= 0.3 is 0 Å². The van der Waals surface area contributed by atoms with Gasteiger partial charge in [-0.15, -0.1) is 0 Å². The van der Waals surface area contributed by atoms with Gasteiger partial charge in [0, 0.05) is 22.4 Å². The third-order valence-corrected chi connectivity index (χ3v) is 3.22. The first-order valence-electron chi connectivity index (χ1n) is 5.36. The highest BCUT2D eigenvalue weighted by molar-refractivity contribution is 9.10. The fourth-order valence-corrected chi connectivity index (χ4v) is 1.96. The van der Waals surface area contributed by atoms with Gasteiger partial charge in [-0.05, 0) is 19.1 Å². The Kier molecular flexibility index (Phi) is 3.58. The molecule has 0 aliphatic carbocycles. The van der Waals surface area contributed by atoms with Gasteiger partial charge in [0.1, 0.15) is 6.07 Å². The molecule has 0 bridgehead atoms. The zero-order chi connectivity index (χ0) is 13.1. The van der Waals surface area contributed by atoms with Gasteiger partial charge in [0.2, 0.25) is 5.82 Å². The third-order valence-electron chi connectivity index (χ3n) is 2.69. The van der Waals surface area contributed by atoms with Crippen molar-refractivity contribution >= 4 is 21.7 Å². The summed E-state index contributed by atoms with van der Waals surface area (Å²) < 4.78 is 2.50. The summed E-state index contributed by atoms with van der Waals surface area (Å²) in [4.78, 5) is 16.1. The maximum Gasteiger partial charge on any atom is 0.213 e. The summed E-state index contributed by atoms with van der Waals surface area (Å²) in [6.07, 6.45) is 3.16. The van der Waals surface area contributed by atoms with E-state index < -0.39 is 6.04 Å². The Labute approximate surface area is 113 Å². The monoisotopic (exact) mass is 303 g/mol. The van der Waals surface area contributed by atoms with Crippen molar-refractivity contribution in [1.29, 1.82) is 5.26 Å². The molecular weight excluding hydrogens is 294 g/mol. The highest BCUT2D eigenvalue weighted by atomic mass is 79.9. The van der Waals surface area contributed by atoms with Crippen LogP contribution in [0.4, 0.5) is 0 Å². The van der Waals surface area contributed by atoms with Crippen molar-refractivity contribution in [2.45, 2.75) is 13.0 Å². The first-order valence-corrected chi connectivity index (χ1v) is 6.15. The van der Waals surface area contributed by atoms with Crippen molar-refractivity contribution in [2.24, 2.45) is 0 Å². The Morgan fingerprint density at radius 1 is 1.44 bits per heavy atom. The first kappa shape index (κ1) is 12.5. The summed E-state index contributed by atoms with van der Waals surface area (Å²) in [7, 11) is 0. The van der Waals surface area contributed by atoms with Gasteiger partial charge in [-0.1, -0.05) is 28.1 Å². The molecule has 0 amide bonds. The average Bonchev–Trinajstić information content (AvgIpc) is 2.86. The number of ketones is 1. The molecule has 0 aliphatic rings. The smallest absolute Gasteiger partial charge is 0.213 e. The van der Waals surface area contributed by atoms with E-state index in [0.717, 1.165) is 4.47 Å². The molecule has 18 heavy (non-hydrogen) atoms. The van der Waals surface area contributed by atoms with Gasteiger partial charge in [0.15, 0.2) is 5.78 Å². The lowest BCUT2D eigenvalue weighted by molar-refractivity contribution is 0.0934. The predicted molar refractivity (Wildman–Crippen MR) is 70.1 cm³/mol. The van der Waals surface area contributed by atoms with Crippen molar-refractivity contribution < 1.29 is 4.79 Å². The van der Waals surface area contributed by atoms with Crippen LogP contribution in [0.5, 0.6) is 0 Å². The van der Waals surface area contributed by atoms with E-state index >= 15 is 0 Å². The Balaban J connectivity index is 2.30. The van der Waals surface area contributed by atoms with Crippen LogP contribution in [0.3, 0.4) is 0 Å². The molecule has 0 N–H and O–H groups in total. The quantitative estimate of drug-likeness (QED) is 0.819. The zero-order valence-corrected chi connectivity index (χ0v) is 11.3. The lowest BCUT2D eigenvalue weighted by Crippen LogP contribution is -2.17. The lowest BCUT2D eigenvalue weighted by Gasteiger charge is -2.12. The third kappa shape index (κ3) is 2.34. The van der Waals surface area contributed by atoms with E-state index in [1.54, 1.807) is 29.8 Å². The SMILES string of the molecule is CC(C(=O)c1ccc(Br)cc1)n1ccnc1C#N. The van der Waals surface area contributed by atoms with Crippen molar-refractivity contribution in [3.05, 3.63) is 52.5 Å². The van der Waals surface area contributed by atoms with Crippen LogP contribution in [-0.4, -0.2) is 15.3 Å². The van der Waals surface area contributed by atoms with E-state index in [4.69, 9.17) is 5.26 Å². The molecule has 90 valence electrons. The summed E-state index contributed by atoms with van der Waals surface area (Å²) in [5.41, 5.74) is 0.614. The van der Waals surface area contributed by atoms with E-state index in [0.29, 0.717) is 5.56 Å². The van der Waals surface area contributed by atoms with Crippen LogP contribution < -0.4 is 0 Å². The molecular formula is C13H10BrN3O. The minimum atomic E-state index is -0.441. The van der Waals surface area contributed by atoms with E-state index in [9.17, 15) is 4.79 Å². The molecule has 1 aromatic heterocycles. The van der Waals surface area contributed by atoms with Gasteiger partial charge in [0.25, 0.3) is 0 Å². The van der Waals surface area contributed by atoms with Crippen LogP contribution in [0, 0.1) is 11.3 Å². The van der Waals surface area contributed by atoms with Crippen LogP contribution in [0.1, 0.15) is 29.1 Å². The molecule has 2 aromatic rings. The summed E-state index contributed by atoms with van der Waals surface area (Å²) in [5, 5.41) is 8.89. The Morgan fingerprint density at radius 2 is 2.11 bits per heavy atom. The predicted octanol–water partition coefficient (Wildman–Crippen LogP) is 2.96. The second-order valence-corrected chi connectivity index (χ2v) is 4.73. The number of hydrogen-bond acceptors (Lipinski definition) is 3. The summed E-state index contributed by atoms with van der Waals surface area (Å²) in [6.45, 7) is 1.76. The molecule has 1 atom stereocenters. The van der Waals surface area contributed by atoms with Crippen molar-refractivity contribution in [1.82, 2.24) is 9.55 Å². The minimum absolute atomic E-state index is 0.0444. The van der Waals surface area contributed by atoms with E-state index in [1.807, 2.05) is 18.2 Å². The fourth-order valence-electron chi connectivity index (χ4n) is 1.69. The number of rotatable bonds is 3. The lowest BCUT2D eigenvalue weighted by atomic mass is 10.1. The van der Waals surface area contributed by atoms with Crippen molar-refractivity contribution in [3.63, 3.8) is 0 Å². The molecule has 0 aliphatic heterocycles. The second kappa shape index (κ2) is 5.15. The molecule has 0 radical (unpaired) electrons. The van der Waals surface area contributed by atoms with Crippen LogP contribution in [0.25, 0.3) is 0 Å². The molecule has 0 spiro atoms. The number of hydrogen-bond donors (Lipinski definition) is 0. The molecule has 4 nitrogen and oxygen atoms in total. The standard InChI is InChI=1S/C13H10BrN3O/c1-9(17-7-6-16-12(17)8-15)13(18)10-2-4-11(14)5-3-10/h2-7,9H,1H3. The molecule has 0 saturated heterocycles. The van der Waals surface area contributed by atoms with E-state index in [-0.39, 0.29) is 11.6 Å². The fraction of sp³-hybridized carbons (Fsp3) is 0.154. The van der Waals surface area contributed by atoms with E-state index in [1.165, 1.54) is 6.20 Å². The topological polar surface area (TPSA) is 58.7 Å². The molecule has 0 saturated carbocycles. The Morgan fingerprint density at radius 3 is 2.72 bits per heavy atom. The molecule has 1 heterocycles. The molecule has 2 rings (SSSR count). The Hall–Kier alpha value is -1.93. The van der Waals surface area contributed by atoms with Gasteiger partial charge in [-0.3, -0.25) is 4.79 Å². The highest BCUT2D eigenvalue weighted by Crippen LogP contribution is 2.18. The normalized spacial score (nSPS) is 11.8. The van der Waals surface area contributed by atoms with Crippen LogP contribution in [-0.2, 0) is 0 Å². The largest absolute Gasteiger partial charge is 0.312 e. The number of carbonyl (C=O) groups excluding carboxylic acids is 1. The highest BCUT2D eigenvalue weighted by Gasteiger charge is 2.19. The van der Waals surface area contributed by atoms with Gasteiger partial charge in [-0.25, -0.2) is 4.98 Å².